The molecule has 33 heavy (non-hydrogen) atoms. The second-order valence-corrected chi connectivity index (χ2v) is 9.43. The topological polar surface area (TPSA) is 103 Å². The number of aromatic nitrogens is 4. The van der Waals surface area contributed by atoms with E-state index in [-0.39, 0.29) is 4.90 Å². The number of hydrogen-bond acceptors (Lipinski definition) is 8. The van der Waals surface area contributed by atoms with Gasteiger partial charge in [-0.15, -0.1) is 15.0 Å². The Balaban J connectivity index is 1.39. The number of ether oxygens (including phenoxy) is 2. The molecule has 0 radical (unpaired) electrons. The van der Waals surface area contributed by atoms with Crippen LogP contribution in [-0.4, -0.2) is 77.2 Å². The molecule has 1 aliphatic rings. The molecule has 0 amide bonds. The van der Waals surface area contributed by atoms with Gasteiger partial charge in [-0.2, -0.15) is 4.31 Å². The Morgan fingerprint density at radius 3 is 2.30 bits per heavy atom. The standard InChI is InChI=1S/C22H28N6O4S/c1-3-31-20-11-10-19(16-21(20)32-4-2)33(29,30)27-14-12-26(13-15-27)17-28-24-22(23-25-28)18-8-6-5-7-9-18/h5-11,16H,3-4,12-15,17H2,1-2H3. The van der Waals surface area contributed by atoms with E-state index >= 15 is 0 Å². The van der Waals surface area contributed by atoms with Crippen LogP contribution >= 0.6 is 0 Å². The molecule has 0 spiro atoms. The van der Waals surface area contributed by atoms with Crippen LogP contribution < -0.4 is 9.47 Å². The molecule has 10 nitrogen and oxygen atoms in total. The summed E-state index contributed by atoms with van der Waals surface area (Å²) in [5, 5.41) is 12.7. The second-order valence-electron chi connectivity index (χ2n) is 7.49. The van der Waals surface area contributed by atoms with E-state index in [1.165, 1.54) is 9.10 Å². The van der Waals surface area contributed by atoms with Gasteiger partial charge in [-0.05, 0) is 31.2 Å². The fourth-order valence-corrected chi connectivity index (χ4v) is 5.08. The third kappa shape index (κ3) is 5.32. The summed E-state index contributed by atoms with van der Waals surface area (Å²) in [6.45, 7) is 6.95. The lowest BCUT2D eigenvalue weighted by Crippen LogP contribution is -2.49. The van der Waals surface area contributed by atoms with Gasteiger partial charge >= 0.3 is 0 Å². The summed E-state index contributed by atoms with van der Waals surface area (Å²) in [6, 6.07) is 14.4. The summed E-state index contributed by atoms with van der Waals surface area (Å²) in [4.78, 5) is 3.84. The van der Waals surface area contributed by atoms with Gasteiger partial charge in [-0.25, -0.2) is 8.42 Å². The molecular formula is C22H28N6O4S. The maximum atomic E-state index is 13.2. The molecule has 11 heteroatoms. The van der Waals surface area contributed by atoms with Gasteiger partial charge < -0.3 is 9.47 Å². The first-order valence-corrected chi connectivity index (χ1v) is 12.4. The smallest absolute Gasteiger partial charge is 0.243 e. The fraction of sp³-hybridized carbons (Fsp3) is 0.409. The monoisotopic (exact) mass is 472 g/mol. The summed E-state index contributed by atoms with van der Waals surface area (Å²) in [6.07, 6.45) is 0. The zero-order valence-corrected chi connectivity index (χ0v) is 19.6. The summed E-state index contributed by atoms with van der Waals surface area (Å²) < 4.78 is 39.1. The van der Waals surface area contributed by atoms with Crippen molar-refractivity contribution in [2.24, 2.45) is 0 Å². The average molecular weight is 473 g/mol. The molecule has 0 N–H and O–H groups in total. The van der Waals surface area contributed by atoms with Crippen molar-refractivity contribution in [2.75, 3.05) is 39.4 Å². The minimum Gasteiger partial charge on any atom is -0.490 e. The predicted molar refractivity (Wildman–Crippen MR) is 122 cm³/mol. The molecule has 1 saturated heterocycles. The third-order valence-corrected chi connectivity index (χ3v) is 7.19. The van der Waals surface area contributed by atoms with Crippen LogP contribution in [0.4, 0.5) is 0 Å². The van der Waals surface area contributed by atoms with Crippen molar-refractivity contribution in [3.63, 3.8) is 0 Å². The number of benzene rings is 2. The first-order valence-electron chi connectivity index (χ1n) is 11.0. The van der Waals surface area contributed by atoms with E-state index in [0.717, 1.165) is 5.56 Å². The highest BCUT2D eigenvalue weighted by atomic mass is 32.2. The van der Waals surface area contributed by atoms with E-state index in [1.54, 1.807) is 18.2 Å². The molecule has 2 heterocycles. The number of nitrogens with zero attached hydrogens (tertiary/aromatic N) is 6. The maximum absolute atomic E-state index is 13.2. The van der Waals surface area contributed by atoms with Crippen LogP contribution in [-0.2, 0) is 16.7 Å². The van der Waals surface area contributed by atoms with Gasteiger partial charge in [0.15, 0.2) is 11.5 Å². The van der Waals surface area contributed by atoms with E-state index in [4.69, 9.17) is 9.47 Å². The van der Waals surface area contributed by atoms with Crippen LogP contribution in [0.25, 0.3) is 11.4 Å². The van der Waals surface area contributed by atoms with Crippen molar-refractivity contribution < 1.29 is 17.9 Å². The summed E-state index contributed by atoms with van der Waals surface area (Å²) in [5.74, 6) is 1.54. The zero-order valence-electron chi connectivity index (χ0n) is 18.8. The van der Waals surface area contributed by atoms with Crippen LogP contribution in [0.5, 0.6) is 11.5 Å². The highest BCUT2D eigenvalue weighted by Crippen LogP contribution is 2.31. The molecule has 0 bridgehead atoms. The van der Waals surface area contributed by atoms with E-state index in [9.17, 15) is 8.42 Å². The highest BCUT2D eigenvalue weighted by Gasteiger charge is 2.29. The quantitative estimate of drug-likeness (QED) is 0.467. The number of sulfonamides is 1. The largest absolute Gasteiger partial charge is 0.490 e. The second kappa shape index (κ2) is 10.3. The Morgan fingerprint density at radius 1 is 0.909 bits per heavy atom. The highest BCUT2D eigenvalue weighted by molar-refractivity contribution is 7.89. The van der Waals surface area contributed by atoms with E-state index in [1.807, 2.05) is 44.2 Å². The van der Waals surface area contributed by atoms with Crippen molar-refractivity contribution in [3.8, 4) is 22.9 Å². The number of tetrazole rings is 1. The summed E-state index contributed by atoms with van der Waals surface area (Å²) >= 11 is 0. The SMILES string of the molecule is CCOc1ccc(S(=O)(=O)N2CCN(Cn3nnc(-c4ccccc4)n3)CC2)cc1OCC. The molecule has 1 fully saturated rings. The Kier molecular flexibility index (Phi) is 7.21. The Hall–Kier alpha value is -3.02. The van der Waals surface area contributed by atoms with Crippen LogP contribution in [0.15, 0.2) is 53.4 Å². The molecular weight excluding hydrogens is 444 g/mol. The maximum Gasteiger partial charge on any atom is 0.243 e. The van der Waals surface area contributed by atoms with Gasteiger partial charge in [-0.3, -0.25) is 4.90 Å². The fourth-order valence-electron chi connectivity index (χ4n) is 3.64. The number of rotatable bonds is 9. The number of hydrogen-bond donors (Lipinski definition) is 0. The van der Waals surface area contributed by atoms with Crippen molar-refractivity contribution in [2.45, 2.75) is 25.4 Å². The minimum atomic E-state index is -3.64. The molecule has 0 aliphatic carbocycles. The minimum absolute atomic E-state index is 0.202. The number of piperazine rings is 1. The molecule has 0 atom stereocenters. The van der Waals surface area contributed by atoms with Crippen LogP contribution in [0.1, 0.15) is 13.8 Å². The predicted octanol–water partition coefficient (Wildman–Crippen LogP) is 2.10. The van der Waals surface area contributed by atoms with Crippen LogP contribution in [0.3, 0.4) is 0 Å². The van der Waals surface area contributed by atoms with Gasteiger partial charge in [0, 0.05) is 37.8 Å². The van der Waals surface area contributed by atoms with E-state index in [0.29, 0.717) is 63.4 Å². The molecule has 2 aromatic carbocycles. The molecule has 1 aliphatic heterocycles. The molecule has 1 aromatic heterocycles. The van der Waals surface area contributed by atoms with Gasteiger partial charge in [0.25, 0.3) is 0 Å². The normalized spacial score (nSPS) is 15.5. The van der Waals surface area contributed by atoms with Gasteiger partial charge in [0.05, 0.1) is 18.1 Å². The Bertz CT molecular complexity index is 1160. The van der Waals surface area contributed by atoms with Gasteiger partial charge in [-0.1, -0.05) is 30.3 Å². The zero-order chi connectivity index (χ0) is 23.3. The van der Waals surface area contributed by atoms with Crippen LogP contribution in [0.2, 0.25) is 0 Å². The van der Waals surface area contributed by atoms with Crippen molar-refractivity contribution >= 4 is 10.0 Å². The van der Waals surface area contributed by atoms with Crippen molar-refractivity contribution in [3.05, 3.63) is 48.5 Å². The van der Waals surface area contributed by atoms with Crippen molar-refractivity contribution in [1.82, 2.24) is 29.4 Å². The molecule has 3 aromatic rings. The van der Waals surface area contributed by atoms with Crippen molar-refractivity contribution in [1.29, 1.82) is 0 Å². The lowest BCUT2D eigenvalue weighted by atomic mass is 10.2. The Morgan fingerprint density at radius 2 is 1.61 bits per heavy atom. The van der Waals surface area contributed by atoms with Gasteiger partial charge in [0.2, 0.25) is 15.8 Å². The average Bonchev–Trinajstić information content (AvgIpc) is 3.30. The van der Waals surface area contributed by atoms with E-state index < -0.39 is 10.0 Å². The Labute approximate surface area is 193 Å². The lowest BCUT2D eigenvalue weighted by Gasteiger charge is -2.33. The first kappa shape index (κ1) is 23.1. The van der Waals surface area contributed by atoms with Gasteiger partial charge in [0.1, 0.15) is 6.67 Å². The summed E-state index contributed by atoms with van der Waals surface area (Å²) in [5.41, 5.74) is 0.904. The van der Waals surface area contributed by atoms with Crippen LogP contribution in [0, 0.1) is 0 Å². The van der Waals surface area contributed by atoms with E-state index in [2.05, 4.69) is 20.3 Å². The summed E-state index contributed by atoms with van der Waals surface area (Å²) in [7, 11) is -3.64. The first-order chi connectivity index (χ1) is 16.0. The molecule has 4 rings (SSSR count). The third-order valence-electron chi connectivity index (χ3n) is 5.30. The lowest BCUT2D eigenvalue weighted by molar-refractivity contribution is 0.136. The molecule has 176 valence electrons. The molecule has 0 saturated carbocycles. The molecule has 0 unspecified atom stereocenters.